The van der Waals surface area contributed by atoms with E-state index in [1.807, 2.05) is 72.8 Å². The Balaban J connectivity index is 1.41. The summed E-state index contributed by atoms with van der Waals surface area (Å²) in [6.07, 6.45) is 1.67. The molecule has 0 saturated carbocycles. The maximum Gasteiger partial charge on any atom is 0.240 e. The number of rotatable bonds is 9. The van der Waals surface area contributed by atoms with Crippen molar-refractivity contribution in [3.63, 3.8) is 0 Å². The lowest BCUT2D eigenvalue weighted by Gasteiger charge is -2.07. The summed E-state index contributed by atoms with van der Waals surface area (Å²) in [5, 5.41) is 6.69. The molecule has 0 aliphatic rings. The van der Waals surface area contributed by atoms with Crippen molar-refractivity contribution in [2.24, 2.45) is 5.10 Å². The number of hydrogen-bond acceptors (Lipinski definition) is 4. The predicted octanol–water partition coefficient (Wildman–Crippen LogP) is 4.13. The third-order valence-corrected chi connectivity index (χ3v) is 4.15. The topological polar surface area (TPSA) is 79.8 Å². The molecule has 2 N–H and O–H groups in total. The summed E-state index contributed by atoms with van der Waals surface area (Å²) < 4.78 is 5.78. The van der Waals surface area contributed by atoms with Crippen LogP contribution in [0, 0.1) is 0 Å². The molecule has 0 unspecified atom stereocenters. The van der Waals surface area contributed by atoms with Gasteiger partial charge in [0.05, 0.1) is 6.21 Å². The first kappa shape index (κ1) is 20.8. The standard InChI is InChI=1S/C24H23N3O3/c28-23(26-21-11-5-2-6-12-21)14-15-24(29)27-25-17-20-10-7-13-22(16-20)30-18-19-8-3-1-4-9-19/h1-13,16-17H,14-15,18H2,(H,26,28)(H,27,29). The molecule has 30 heavy (non-hydrogen) atoms. The van der Waals surface area contributed by atoms with E-state index < -0.39 is 0 Å². The normalized spacial score (nSPS) is 10.5. The second-order valence-corrected chi connectivity index (χ2v) is 6.55. The number of hydrogen-bond donors (Lipinski definition) is 2. The molecule has 0 bridgehead atoms. The van der Waals surface area contributed by atoms with Gasteiger partial charge in [0.25, 0.3) is 0 Å². The van der Waals surface area contributed by atoms with Gasteiger partial charge in [-0.1, -0.05) is 60.7 Å². The van der Waals surface area contributed by atoms with E-state index in [0.717, 1.165) is 11.1 Å². The van der Waals surface area contributed by atoms with Gasteiger partial charge in [-0.05, 0) is 35.4 Å². The predicted molar refractivity (Wildman–Crippen MR) is 117 cm³/mol. The van der Waals surface area contributed by atoms with Crippen LogP contribution in [0.25, 0.3) is 0 Å². The van der Waals surface area contributed by atoms with Gasteiger partial charge < -0.3 is 10.1 Å². The van der Waals surface area contributed by atoms with Crippen LogP contribution in [0.15, 0.2) is 90.0 Å². The van der Waals surface area contributed by atoms with Crippen LogP contribution in [0.4, 0.5) is 5.69 Å². The van der Waals surface area contributed by atoms with Crippen LogP contribution in [0.3, 0.4) is 0 Å². The van der Waals surface area contributed by atoms with Crippen LogP contribution in [-0.2, 0) is 16.2 Å². The van der Waals surface area contributed by atoms with Gasteiger partial charge in [-0.25, -0.2) is 5.43 Å². The summed E-state index contributed by atoms with van der Waals surface area (Å²) >= 11 is 0. The molecule has 0 aliphatic carbocycles. The highest BCUT2D eigenvalue weighted by molar-refractivity contribution is 5.93. The lowest BCUT2D eigenvalue weighted by Crippen LogP contribution is -2.20. The second-order valence-electron chi connectivity index (χ2n) is 6.55. The summed E-state index contributed by atoms with van der Waals surface area (Å²) in [5.41, 5.74) is 5.02. The Morgan fingerprint density at radius 3 is 2.30 bits per heavy atom. The third-order valence-electron chi connectivity index (χ3n) is 4.15. The van der Waals surface area contributed by atoms with Crippen LogP contribution >= 0.6 is 0 Å². The minimum absolute atomic E-state index is 0.0518. The largest absolute Gasteiger partial charge is 0.489 e. The zero-order valence-electron chi connectivity index (χ0n) is 16.5. The van der Waals surface area contributed by atoms with Gasteiger partial charge in [-0.3, -0.25) is 9.59 Å². The van der Waals surface area contributed by atoms with Crippen LogP contribution in [0.2, 0.25) is 0 Å². The minimum Gasteiger partial charge on any atom is -0.489 e. The zero-order chi connectivity index (χ0) is 21.0. The highest BCUT2D eigenvalue weighted by Gasteiger charge is 2.06. The maximum absolute atomic E-state index is 11.9. The average Bonchev–Trinajstić information content (AvgIpc) is 2.78. The zero-order valence-corrected chi connectivity index (χ0v) is 16.5. The highest BCUT2D eigenvalue weighted by atomic mass is 16.5. The fourth-order valence-corrected chi connectivity index (χ4v) is 2.63. The Morgan fingerprint density at radius 1 is 0.833 bits per heavy atom. The van der Waals surface area contributed by atoms with Crippen molar-refractivity contribution in [3.05, 3.63) is 96.1 Å². The van der Waals surface area contributed by atoms with Gasteiger partial charge in [0.2, 0.25) is 11.8 Å². The van der Waals surface area contributed by atoms with Gasteiger partial charge in [0.15, 0.2) is 0 Å². The van der Waals surface area contributed by atoms with Crippen molar-refractivity contribution in [1.82, 2.24) is 5.43 Å². The summed E-state index contributed by atoms with van der Waals surface area (Å²) in [6.45, 7) is 0.475. The molecule has 6 heteroatoms. The minimum atomic E-state index is -0.328. The number of carbonyl (C=O) groups is 2. The van der Waals surface area contributed by atoms with E-state index in [1.165, 1.54) is 6.21 Å². The molecule has 0 radical (unpaired) electrons. The molecule has 0 aliphatic heterocycles. The summed E-state index contributed by atoms with van der Waals surface area (Å²) in [4.78, 5) is 23.8. The second kappa shape index (κ2) is 11.2. The van der Waals surface area contributed by atoms with E-state index in [2.05, 4.69) is 15.8 Å². The Kier molecular flexibility index (Phi) is 7.74. The lowest BCUT2D eigenvalue weighted by molar-refractivity contribution is -0.124. The molecule has 3 rings (SSSR count). The molecule has 0 aromatic heterocycles. The molecule has 2 amide bonds. The lowest BCUT2D eigenvalue weighted by atomic mass is 10.2. The van der Waals surface area contributed by atoms with E-state index >= 15 is 0 Å². The van der Waals surface area contributed by atoms with Crippen LogP contribution in [-0.4, -0.2) is 18.0 Å². The van der Waals surface area contributed by atoms with E-state index in [-0.39, 0.29) is 24.7 Å². The summed E-state index contributed by atoms with van der Waals surface area (Å²) in [7, 11) is 0. The number of anilines is 1. The number of ether oxygens (including phenoxy) is 1. The number of para-hydroxylation sites is 1. The molecule has 0 spiro atoms. The Bertz CT molecular complexity index is 989. The Morgan fingerprint density at radius 2 is 1.53 bits per heavy atom. The summed E-state index contributed by atoms with van der Waals surface area (Å²) in [6, 6.07) is 26.4. The number of carbonyl (C=O) groups excluding carboxylic acids is 2. The molecule has 3 aromatic carbocycles. The van der Waals surface area contributed by atoms with E-state index in [1.54, 1.807) is 12.1 Å². The van der Waals surface area contributed by atoms with Gasteiger partial charge in [-0.15, -0.1) is 0 Å². The molecule has 0 heterocycles. The molecule has 6 nitrogen and oxygen atoms in total. The van der Waals surface area contributed by atoms with Gasteiger partial charge >= 0.3 is 0 Å². The Labute approximate surface area is 175 Å². The maximum atomic E-state index is 11.9. The van der Waals surface area contributed by atoms with Crippen molar-refractivity contribution in [2.75, 3.05) is 5.32 Å². The average molecular weight is 401 g/mol. The van der Waals surface area contributed by atoms with Crippen molar-refractivity contribution in [1.29, 1.82) is 0 Å². The summed E-state index contributed by atoms with van der Waals surface area (Å²) in [5.74, 6) is 0.168. The van der Waals surface area contributed by atoms with E-state index in [4.69, 9.17) is 4.74 Å². The van der Waals surface area contributed by atoms with Gasteiger partial charge in [0.1, 0.15) is 12.4 Å². The quantitative estimate of drug-likeness (QED) is 0.418. The van der Waals surface area contributed by atoms with Gasteiger partial charge in [-0.2, -0.15) is 5.10 Å². The number of nitrogens with one attached hydrogen (secondary N) is 2. The first-order valence-electron chi connectivity index (χ1n) is 9.62. The van der Waals surface area contributed by atoms with Crippen LogP contribution in [0.5, 0.6) is 5.75 Å². The Hall–Kier alpha value is -3.93. The first-order chi connectivity index (χ1) is 14.7. The smallest absolute Gasteiger partial charge is 0.240 e. The molecule has 0 saturated heterocycles. The molecule has 0 atom stereocenters. The fraction of sp³-hybridized carbons (Fsp3) is 0.125. The number of nitrogens with zero attached hydrogens (tertiary/aromatic N) is 1. The first-order valence-corrected chi connectivity index (χ1v) is 9.62. The molecule has 152 valence electrons. The monoisotopic (exact) mass is 401 g/mol. The van der Waals surface area contributed by atoms with Crippen LogP contribution < -0.4 is 15.5 Å². The van der Waals surface area contributed by atoms with E-state index in [0.29, 0.717) is 18.0 Å². The van der Waals surface area contributed by atoms with Gasteiger partial charge in [0, 0.05) is 18.5 Å². The molecule has 0 fully saturated rings. The van der Waals surface area contributed by atoms with Crippen molar-refractivity contribution >= 4 is 23.7 Å². The number of amides is 2. The molecule has 3 aromatic rings. The third kappa shape index (κ3) is 7.24. The van der Waals surface area contributed by atoms with Crippen molar-refractivity contribution in [3.8, 4) is 5.75 Å². The van der Waals surface area contributed by atoms with E-state index in [9.17, 15) is 9.59 Å². The molecular formula is C24H23N3O3. The number of hydrazone groups is 1. The SMILES string of the molecule is O=C(CCC(=O)Nc1ccccc1)NN=Cc1cccc(OCc2ccccc2)c1. The fourth-order valence-electron chi connectivity index (χ4n) is 2.63. The molecular weight excluding hydrogens is 378 g/mol. The number of benzene rings is 3. The van der Waals surface area contributed by atoms with Crippen molar-refractivity contribution in [2.45, 2.75) is 19.4 Å². The van der Waals surface area contributed by atoms with Crippen molar-refractivity contribution < 1.29 is 14.3 Å². The van der Waals surface area contributed by atoms with Crippen LogP contribution in [0.1, 0.15) is 24.0 Å². The highest BCUT2D eigenvalue weighted by Crippen LogP contribution is 2.14.